The van der Waals surface area contributed by atoms with Crippen LogP contribution in [-0.4, -0.2) is 88.7 Å². The normalized spacial score (nSPS) is 47.6. The number of aliphatic carboxylic acids is 1. The van der Waals surface area contributed by atoms with E-state index >= 15 is 20.1 Å². The number of carboxylic acid groups (broad SMARTS) is 1. The Morgan fingerprint density at radius 1 is 0.905 bits per heavy atom. The fourth-order valence-corrected chi connectivity index (χ4v) is 21.8. The molecule has 14 rings (SSSR count). The SMILES string of the molecule is C/C(C(=O)O)=C1/CC[C@]2(N=C(N)N)C=C[C@@]34[C@H]5C6=C(CC=C6[C@]1(O)[C@]2(O)[C@H]3C1(CO)CCCC1)CC1=C[C@]2(O)C3=C6C(=O)C[C@@]4(C)[C@@]3(CCC#CC[C@]3(C)C(=O)CC[C@@]6(C)[C@@H]3[C@H]2C2=Cc3ccccc3CC2)[C@]15O. The molecule has 386 valence electrons. The van der Waals surface area contributed by atoms with E-state index in [2.05, 4.69) is 50.0 Å². The number of carbonyl (C=O) groups excluding carboxylic acids is 2. The highest BCUT2D eigenvalue weighted by atomic mass is 16.4. The predicted octanol–water partition coefficient (Wildman–Crippen LogP) is 6.56. The maximum Gasteiger partial charge on any atom is 0.331 e. The topological polar surface area (TPSA) is 237 Å². The summed E-state index contributed by atoms with van der Waals surface area (Å²) in [4.78, 5) is 50.2. The lowest BCUT2D eigenvalue weighted by Crippen LogP contribution is -2.80. The van der Waals surface area contributed by atoms with Crippen LogP contribution in [0.2, 0.25) is 0 Å². The maximum absolute atomic E-state index is 16.8. The number of guanidine groups is 1. The van der Waals surface area contributed by atoms with Crippen LogP contribution >= 0.6 is 0 Å². The third kappa shape index (κ3) is 4.60. The van der Waals surface area contributed by atoms with Gasteiger partial charge < -0.3 is 42.1 Å². The zero-order valence-electron chi connectivity index (χ0n) is 43.0. The van der Waals surface area contributed by atoms with Gasteiger partial charge in [-0.15, -0.1) is 11.8 Å². The second-order valence-corrected chi connectivity index (χ2v) is 26.2. The molecule has 74 heavy (non-hydrogen) atoms. The Morgan fingerprint density at radius 2 is 1.66 bits per heavy atom. The standard InChI is InChI=1S/C62H69N3O9/c1-33(49(69)70)39-18-25-56(65-51(63)64)26-27-57-46-43-36(16-17-40(43)61(39,73)62(56,74)50(57)55(32-66)21-10-11-22-55)29-38-30-58(71)44(37-15-14-34-12-6-7-13-35(34)28-37)47-52(2)20-8-5-9-23-59(60(38,46)72)48(58)45(41(67)31-54(57,59)4)53(47,3)24-19-42(52)68/h6-7,12-13,17,26-28,30,44,46-47,50,66,71-74H,9-11,14-16,18-25,29,31-32H2,1-4H3,(H,69,70)(H4,63,64,65)/b39-33+/t44-,46-,47-,50+,52-,53-,54-,56+,57-,58-,59+,60+,61+,62+/m1/s1. The number of fused-ring (bicyclic) bond motifs is 3. The van der Waals surface area contributed by atoms with Gasteiger partial charge in [0.05, 0.1) is 0 Å². The molecule has 5 saturated carbocycles. The smallest absolute Gasteiger partial charge is 0.331 e. The van der Waals surface area contributed by atoms with E-state index in [0.29, 0.717) is 72.8 Å². The van der Waals surface area contributed by atoms with Gasteiger partial charge in [-0.3, -0.25) is 9.59 Å². The monoisotopic (exact) mass is 1000 g/mol. The highest BCUT2D eigenvalue weighted by molar-refractivity contribution is 6.03. The number of nitrogens with two attached hydrogens (primary N) is 2. The number of aryl methyl sites for hydroxylation is 1. The summed E-state index contributed by atoms with van der Waals surface area (Å²) in [6, 6.07) is 8.31. The molecular weight excluding hydrogens is 931 g/mol. The van der Waals surface area contributed by atoms with E-state index in [1.807, 2.05) is 37.3 Å². The van der Waals surface area contributed by atoms with Crippen LogP contribution in [0, 0.1) is 68.0 Å². The van der Waals surface area contributed by atoms with Gasteiger partial charge in [-0.2, -0.15) is 0 Å². The molecule has 12 heteroatoms. The lowest BCUT2D eigenvalue weighted by atomic mass is 9.31. The number of benzene rings is 1. The summed E-state index contributed by atoms with van der Waals surface area (Å²) >= 11 is 0. The van der Waals surface area contributed by atoms with E-state index < -0.39 is 96.7 Å². The lowest BCUT2D eigenvalue weighted by Gasteiger charge is -2.73. The maximum atomic E-state index is 16.8. The van der Waals surface area contributed by atoms with Gasteiger partial charge in [0.15, 0.2) is 11.7 Å². The summed E-state index contributed by atoms with van der Waals surface area (Å²) in [6.45, 7) is 7.30. The van der Waals surface area contributed by atoms with Crippen molar-refractivity contribution in [2.24, 2.45) is 72.6 Å². The Labute approximate surface area is 432 Å². The molecule has 14 atom stereocenters. The van der Waals surface area contributed by atoms with Gasteiger partial charge in [-0.05, 0) is 128 Å². The number of allylic oxidation sites excluding steroid dienone is 4. The van der Waals surface area contributed by atoms with Crippen molar-refractivity contribution < 1.29 is 45.0 Å². The average Bonchev–Trinajstić information content (AvgIpc) is 4.06. The zero-order valence-corrected chi connectivity index (χ0v) is 43.0. The highest BCUT2D eigenvalue weighted by Gasteiger charge is 2.94. The fourth-order valence-electron chi connectivity index (χ4n) is 21.8. The number of carboxylic acids is 1. The minimum absolute atomic E-state index is 0.00841. The third-order valence-electron chi connectivity index (χ3n) is 24.0. The number of nitrogens with zero attached hydrogens (tertiary/aromatic N) is 1. The van der Waals surface area contributed by atoms with Crippen LogP contribution in [0.1, 0.15) is 135 Å². The van der Waals surface area contributed by atoms with Crippen LogP contribution in [0.3, 0.4) is 0 Å². The Bertz CT molecular complexity index is 3260. The molecule has 5 fully saturated rings. The van der Waals surface area contributed by atoms with E-state index in [1.54, 1.807) is 0 Å². The van der Waals surface area contributed by atoms with Crippen LogP contribution in [-0.2, 0) is 20.8 Å². The number of rotatable bonds is 5. The van der Waals surface area contributed by atoms with E-state index in [0.717, 1.165) is 23.1 Å². The van der Waals surface area contributed by atoms with Crippen molar-refractivity contribution in [2.75, 3.05) is 6.61 Å². The van der Waals surface area contributed by atoms with Gasteiger partial charge >= 0.3 is 5.97 Å². The van der Waals surface area contributed by atoms with Crippen LogP contribution < -0.4 is 11.5 Å². The number of hydrogen-bond donors (Lipinski definition) is 8. The first-order valence-electron chi connectivity index (χ1n) is 27.5. The molecule has 0 radical (unpaired) electrons. The second kappa shape index (κ2) is 14.1. The molecule has 0 saturated heterocycles. The van der Waals surface area contributed by atoms with Crippen molar-refractivity contribution in [1.29, 1.82) is 0 Å². The van der Waals surface area contributed by atoms with E-state index in [9.17, 15) is 24.9 Å². The number of aliphatic hydroxyl groups excluding tert-OH is 1. The Balaban J connectivity index is 1.19. The molecule has 13 aliphatic carbocycles. The second-order valence-electron chi connectivity index (χ2n) is 26.2. The lowest BCUT2D eigenvalue weighted by molar-refractivity contribution is -0.262. The Morgan fingerprint density at radius 3 is 2.39 bits per heavy atom. The van der Waals surface area contributed by atoms with Gasteiger partial charge in [0.25, 0.3) is 0 Å². The molecule has 1 aromatic rings. The molecule has 12 nitrogen and oxygen atoms in total. The summed E-state index contributed by atoms with van der Waals surface area (Å²) in [5, 5.41) is 84.3. The zero-order chi connectivity index (χ0) is 52.0. The first-order valence-corrected chi connectivity index (χ1v) is 27.5. The Hall–Kier alpha value is -5.16. The van der Waals surface area contributed by atoms with Gasteiger partial charge in [0.2, 0.25) is 0 Å². The van der Waals surface area contributed by atoms with E-state index in [4.69, 9.17) is 16.5 Å². The van der Waals surface area contributed by atoms with E-state index in [-0.39, 0.29) is 80.0 Å². The molecule has 10 N–H and O–H groups in total. The average molecular weight is 1000 g/mol. The van der Waals surface area contributed by atoms with Crippen LogP contribution in [0.15, 0.2) is 104 Å². The van der Waals surface area contributed by atoms with Crippen molar-refractivity contribution in [3.63, 3.8) is 0 Å². The highest BCUT2D eigenvalue weighted by Crippen LogP contribution is 2.92. The van der Waals surface area contributed by atoms with E-state index in [1.165, 1.54) is 12.5 Å². The minimum atomic E-state index is -2.51. The molecule has 1 aromatic carbocycles. The molecular formula is C62H69N3O9. The molecule has 0 unspecified atom stereocenters. The number of carbonyl (C=O) groups is 3. The van der Waals surface area contributed by atoms with Crippen LogP contribution in [0.4, 0.5) is 0 Å². The van der Waals surface area contributed by atoms with Crippen LogP contribution in [0.5, 0.6) is 0 Å². The molecule has 0 aliphatic heterocycles. The largest absolute Gasteiger partial charge is 0.478 e. The summed E-state index contributed by atoms with van der Waals surface area (Å²) < 4.78 is 0. The molecule has 0 amide bonds. The van der Waals surface area contributed by atoms with Gasteiger partial charge in [-0.1, -0.05) is 93.3 Å². The quantitative estimate of drug-likeness (QED) is 0.0517. The first-order chi connectivity index (χ1) is 35.0. The summed E-state index contributed by atoms with van der Waals surface area (Å²) in [5.41, 5.74) is 1.42. The molecule has 6 bridgehead atoms. The summed E-state index contributed by atoms with van der Waals surface area (Å²) in [5.74, 6) is 1.88. The minimum Gasteiger partial charge on any atom is -0.478 e. The van der Waals surface area contributed by atoms with Crippen molar-refractivity contribution in [2.45, 2.75) is 158 Å². The van der Waals surface area contributed by atoms with Gasteiger partial charge in [0.1, 0.15) is 33.7 Å². The molecule has 0 heterocycles. The van der Waals surface area contributed by atoms with Gasteiger partial charge in [0, 0.05) is 88.3 Å². The van der Waals surface area contributed by atoms with Gasteiger partial charge in [-0.25, -0.2) is 9.79 Å². The van der Waals surface area contributed by atoms with Crippen molar-refractivity contribution >= 4 is 29.6 Å². The first kappa shape index (κ1) is 47.3. The van der Waals surface area contributed by atoms with Crippen molar-refractivity contribution in [1.82, 2.24) is 0 Å². The third-order valence-corrected chi connectivity index (χ3v) is 24.0. The molecule has 0 aromatic heterocycles. The molecule has 2 spiro atoms. The Kier molecular flexibility index (Phi) is 8.99. The number of Topliss-reactive ketones (excluding diaryl/α,β-unsaturated/α-hetero) is 2. The summed E-state index contributed by atoms with van der Waals surface area (Å²) in [6.07, 6.45) is 15.2. The van der Waals surface area contributed by atoms with Crippen molar-refractivity contribution in [3.8, 4) is 11.8 Å². The fraction of sp³-hybridized carbons (Fsp3) is 0.581. The number of aliphatic hydroxyl groups is 5. The number of hydrogen-bond acceptors (Lipinski definition) is 9. The summed E-state index contributed by atoms with van der Waals surface area (Å²) in [7, 11) is 0. The van der Waals surface area contributed by atoms with Crippen LogP contribution in [0.25, 0.3) is 6.08 Å². The van der Waals surface area contributed by atoms with Crippen molar-refractivity contribution in [3.05, 3.63) is 110 Å². The molecule has 13 aliphatic rings. The number of ketones is 2. The predicted molar refractivity (Wildman–Crippen MR) is 276 cm³/mol. The number of aliphatic imine (C=N–C) groups is 1.